The number of aromatic amines is 1. The summed E-state index contributed by atoms with van der Waals surface area (Å²) in [5.74, 6) is -0.439. The molecule has 2 aromatic carbocycles. The van der Waals surface area contributed by atoms with Crippen molar-refractivity contribution in [3.05, 3.63) is 59.9 Å². The van der Waals surface area contributed by atoms with E-state index in [4.69, 9.17) is 0 Å². The van der Waals surface area contributed by atoms with E-state index in [0.29, 0.717) is 17.1 Å². The predicted molar refractivity (Wildman–Crippen MR) is 113 cm³/mol. The Labute approximate surface area is 173 Å². The molecule has 0 saturated heterocycles. The molecule has 2 heterocycles. The second-order valence-electron chi connectivity index (χ2n) is 7.69. The van der Waals surface area contributed by atoms with Gasteiger partial charge in [-0.15, -0.1) is 0 Å². The second kappa shape index (κ2) is 7.98. The number of carbonyl (C=O) groups excluding carboxylic acids is 3. The van der Waals surface area contributed by atoms with Crippen LogP contribution in [0.5, 0.6) is 0 Å². The zero-order valence-electron chi connectivity index (χ0n) is 16.7. The minimum Gasteiger partial charge on any atom is -0.346 e. The fourth-order valence-corrected chi connectivity index (χ4v) is 3.54. The number of nitrogens with one attached hydrogen (secondary N) is 4. The van der Waals surface area contributed by atoms with Crippen LogP contribution in [0.1, 0.15) is 42.5 Å². The Morgan fingerprint density at radius 1 is 1.10 bits per heavy atom. The number of H-pyrrole nitrogens is 1. The van der Waals surface area contributed by atoms with Crippen molar-refractivity contribution >= 4 is 34.4 Å². The number of para-hydroxylation sites is 3. The number of benzene rings is 2. The van der Waals surface area contributed by atoms with E-state index in [2.05, 4.69) is 25.9 Å². The standard InChI is InChI=1S/C22H23N5O3/c1-12(2)19(20-23-15-9-5-6-10-16(15)24-20)27-18(28)11-17-22(30)25-14-8-4-3-7-13(14)21(29)26-17/h3-10,12,17,19H,11H2,1-2H3,(H,23,24)(H,25,30)(H,26,29)(H,27,28)/t17-,19-/m0/s1. The molecule has 0 unspecified atom stereocenters. The minimum absolute atomic E-state index is 0.0660. The summed E-state index contributed by atoms with van der Waals surface area (Å²) in [5, 5.41) is 8.31. The van der Waals surface area contributed by atoms with Gasteiger partial charge in [0.15, 0.2) is 0 Å². The number of amides is 3. The normalized spacial score (nSPS) is 17.1. The Morgan fingerprint density at radius 3 is 2.60 bits per heavy atom. The first kappa shape index (κ1) is 19.6. The van der Waals surface area contributed by atoms with Gasteiger partial charge in [0.05, 0.1) is 34.7 Å². The van der Waals surface area contributed by atoms with Crippen molar-refractivity contribution in [2.24, 2.45) is 5.92 Å². The van der Waals surface area contributed by atoms with Crippen molar-refractivity contribution in [1.29, 1.82) is 0 Å². The molecule has 3 amide bonds. The lowest BCUT2D eigenvalue weighted by Crippen LogP contribution is -2.45. The summed E-state index contributed by atoms with van der Waals surface area (Å²) in [4.78, 5) is 45.6. The highest BCUT2D eigenvalue weighted by Gasteiger charge is 2.31. The molecule has 8 nitrogen and oxygen atoms in total. The lowest BCUT2D eigenvalue weighted by Gasteiger charge is -2.22. The maximum atomic E-state index is 12.8. The van der Waals surface area contributed by atoms with E-state index < -0.39 is 11.9 Å². The van der Waals surface area contributed by atoms with Gasteiger partial charge in [-0.1, -0.05) is 38.1 Å². The van der Waals surface area contributed by atoms with Crippen LogP contribution in [-0.2, 0) is 9.59 Å². The van der Waals surface area contributed by atoms with Crippen LogP contribution in [0, 0.1) is 5.92 Å². The molecule has 4 N–H and O–H groups in total. The smallest absolute Gasteiger partial charge is 0.254 e. The summed E-state index contributed by atoms with van der Waals surface area (Å²) in [6.07, 6.45) is -0.172. The Balaban J connectivity index is 1.48. The van der Waals surface area contributed by atoms with Crippen LogP contribution in [0.4, 0.5) is 5.69 Å². The Hall–Kier alpha value is -3.68. The van der Waals surface area contributed by atoms with Gasteiger partial charge in [-0.3, -0.25) is 14.4 Å². The van der Waals surface area contributed by atoms with E-state index in [9.17, 15) is 14.4 Å². The summed E-state index contributed by atoms with van der Waals surface area (Å²) in [6, 6.07) is 13.1. The molecular weight excluding hydrogens is 382 g/mol. The van der Waals surface area contributed by atoms with Gasteiger partial charge < -0.3 is 20.9 Å². The zero-order valence-corrected chi connectivity index (χ0v) is 16.7. The van der Waals surface area contributed by atoms with Crippen LogP contribution < -0.4 is 16.0 Å². The first-order valence-corrected chi connectivity index (χ1v) is 9.87. The quantitative estimate of drug-likeness (QED) is 0.522. The molecule has 30 heavy (non-hydrogen) atoms. The predicted octanol–water partition coefficient (Wildman–Crippen LogP) is 2.52. The number of imidazole rings is 1. The molecule has 0 bridgehead atoms. The number of nitrogens with zero attached hydrogens (tertiary/aromatic N) is 1. The van der Waals surface area contributed by atoms with Gasteiger partial charge in [-0.2, -0.15) is 0 Å². The summed E-state index contributed by atoms with van der Waals surface area (Å²) in [5.41, 5.74) is 2.52. The first-order valence-electron chi connectivity index (χ1n) is 9.87. The van der Waals surface area contributed by atoms with Crippen molar-refractivity contribution in [3.8, 4) is 0 Å². The van der Waals surface area contributed by atoms with E-state index in [1.807, 2.05) is 38.1 Å². The first-order chi connectivity index (χ1) is 14.4. The molecule has 1 aliphatic heterocycles. The van der Waals surface area contributed by atoms with Gasteiger partial charge in [-0.25, -0.2) is 4.98 Å². The number of fused-ring (bicyclic) bond motifs is 2. The van der Waals surface area contributed by atoms with Gasteiger partial charge in [0, 0.05) is 0 Å². The molecule has 0 radical (unpaired) electrons. The van der Waals surface area contributed by atoms with E-state index in [1.165, 1.54) is 0 Å². The molecule has 8 heteroatoms. The molecule has 3 aromatic rings. The molecule has 0 spiro atoms. The average Bonchev–Trinajstić information content (AvgIpc) is 3.10. The van der Waals surface area contributed by atoms with Crippen LogP contribution in [0.3, 0.4) is 0 Å². The number of carbonyl (C=O) groups is 3. The molecule has 1 aromatic heterocycles. The fourth-order valence-electron chi connectivity index (χ4n) is 3.54. The number of hydrogen-bond acceptors (Lipinski definition) is 4. The van der Waals surface area contributed by atoms with Crippen molar-refractivity contribution in [2.75, 3.05) is 5.32 Å². The van der Waals surface area contributed by atoms with Gasteiger partial charge in [0.25, 0.3) is 5.91 Å². The summed E-state index contributed by atoms with van der Waals surface area (Å²) < 4.78 is 0. The van der Waals surface area contributed by atoms with Crippen molar-refractivity contribution in [2.45, 2.75) is 32.4 Å². The van der Waals surface area contributed by atoms with Crippen LogP contribution in [0.25, 0.3) is 11.0 Å². The van der Waals surface area contributed by atoms with Crippen LogP contribution in [0.2, 0.25) is 0 Å². The van der Waals surface area contributed by atoms with E-state index in [-0.39, 0.29) is 30.2 Å². The van der Waals surface area contributed by atoms with Gasteiger partial charge in [-0.05, 0) is 30.2 Å². The second-order valence-corrected chi connectivity index (χ2v) is 7.69. The van der Waals surface area contributed by atoms with Crippen molar-refractivity contribution in [1.82, 2.24) is 20.6 Å². The van der Waals surface area contributed by atoms with Gasteiger partial charge >= 0.3 is 0 Å². The van der Waals surface area contributed by atoms with Crippen LogP contribution >= 0.6 is 0 Å². The van der Waals surface area contributed by atoms with Gasteiger partial charge in [0.1, 0.15) is 11.9 Å². The molecule has 1 aliphatic rings. The molecule has 0 fully saturated rings. The summed E-state index contributed by atoms with van der Waals surface area (Å²) in [6.45, 7) is 3.96. The largest absolute Gasteiger partial charge is 0.346 e. The van der Waals surface area contributed by atoms with E-state index in [0.717, 1.165) is 11.0 Å². The molecule has 2 atom stereocenters. The third kappa shape index (κ3) is 3.89. The molecule has 0 aliphatic carbocycles. The van der Waals surface area contributed by atoms with Crippen LogP contribution in [-0.4, -0.2) is 33.7 Å². The third-order valence-corrected chi connectivity index (χ3v) is 5.13. The maximum absolute atomic E-state index is 12.8. The molecule has 4 rings (SSSR count). The average molecular weight is 405 g/mol. The fraction of sp³-hybridized carbons (Fsp3) is 0.273. The SMILES string of the molecule is CC(C)[C@H](NC(=O)C[C@@H]1NC(=O)c2ccccc2NC1=O)c1nc2ccccc2[nH]1. The van der Waals surface area contributed by atoms with Crippen molar-refractivity contribution < 1.29 is 14.4 Å². The lowest BCUT2D eigenvalue weighted by atomic mass is 10.0. The minimum atomic E-state index is -0.964. The highest BCUT2D eigenvalue weighted by atomic mass is 16.2. The van der Waals surface area contributed by atoms with E-state index in [1.54, 1.807) is 24.3 Å². The monoisotopic (exact) mass is 405 g/mol. The van der Waals surface area contributed by atoms with Crippen molar-refractivity contribution in [3.63, 3.8) is 0 Å². The number of aromatic nitrogens is 2. The van der Waals surface area contributed by atoms with Gasteiger partial charge in [0.2, 0.25) is 11.8 Å². The molecule has 154 valence electrons. The number of hydrogen-bond donors (Lipinski definition) is 4. The van der Waals surface area contributed by atoms with E-state index >= 15 is 0 Å². The number of rotatable bonds is 5. The highest BCUT2D eigenvalue weighted by Crippen LogP contribution is 2.23. The highest BCUT2D eigenvalue weighted by molar-refractivity contribution is 6.10. The maximum Gasteiger partial charge on any atom is 0.254 e. The summed E-state index contributed by atoms with van der Waals surface area (Å²) >= 11 is 0. The third-order valence-electron chi connectivity index (χ3n) is 5.13. The molecular formula is C22H23N5O3. The topological polar surface area (TPSA) is 116 Å². The Bertz CT molecular complexity index is 1090. The Morgan fingerprint density at radius 2 is 1.83 bits per heavy atom. The number of anilines is 1. The summed E-state index contributed by atoms with van der Waals surface area (Å²) in [7, 11) is 0. The van der Waals surface area contributed by atoms with Crippen LogP contribution in [0.15, 0.2) is 48.5 Å². The molecule has 0 saturated carbocycles. The zero-order chi connectivity index (χ0) is 21.3. The lowest BCUT2D eigenvalue weighted by molar-refractivity contribution is -0.126. The Kier molecular flexibility index (Phi) is 5.22.